The second-order valence-corrected chi connectivity index (χ2v) is 7.70. The number of aromatic nitrogens is 1. The van der Waals surface area contributed by atoms with Crippen molar-refractivity contribution >= 4 is 22.9 Å². The number of carbonyl (C=O) groups is 2. The van der Waals surface area contributed by atoms with Crippen molar-refractivity contribution < 1.29 is 14.3 Å². The van der Waals surface area contributed by atoms with Crippen molar-refractivity contribution in [2.75, 3.05) is 7.11 Å². The molecule has 2 aromatic carbocycles. The van der Waals surface area contributed by atoms with Crippen molar-refractivity contribution in [1.29, 1.82) is 0 Å². The second kappa shape index (κ2) is 8.27. The van der Waals surface area contributed by atoms with Crippen LogP contribution < -0.4 is 4.74 Å². The summed E-state index contributed by atoms with van der Waals surface area (Å²) in [4.78, 5) is 29.5. The van der Waals surface area contributed by atoms with Gasteiger partial charge in [-0.3, -0.25) is 9.59 Å². The number of nitrogens with zero attached hydrogens (tertiary/aromatic N) is 1. The summed E-state index contributed by atoms with van der Waals surface area (Å²) in [6.07, 6.45) is 0.666. The maximum Gasteiger partial charge on any atom is 0.169 e. The number of aryl methyl sites for hydroxylation is 1. The van der Waals surface area contributed by atoms with Gasteiger partial charge in [-0.2, -0.15) is 0 Å². The van der Waals surface area contributed by atoms with Crippen LogP contribution in [0, 0.1) is 6.92 Å². The number of rotatable bonds is 7. The molecule has 138 valence electrons. The Balaban J connectivity index is 1.73. The lowest BCUT2D eigenvalue weighted by Gasteiger charge is -2.02. The Morgan fingerprint density at radius 3 is 2.26 bits per heavy atom. The van der Waals surface area contributed by atoms with Crippen molar-refractivity contribution in [2.45, 2.75) is 26.7 Å². The lowest BCUT2D eigenvalue weighted by molar-refractivity contribution is -0.116. The summed E-state index contributed by atoms with van der Waals surface area (Å²) in [6.45, 7) is 3.58. The van der Waals surface area contributed by atoms with Crippen LogP contribution in [0.5, 0.6) is 5.75 Å². The molecule has 0 bridgehead atoms. The fourth-order valence-corrected chi connectivity index (χ4v) is 3.83. The predicted octanol–water partition coefficient (Wildman–Crippen LogP) is 4.68. The van der Waals surface area contributed by atoms with Gasteiger partial charge in [-0.15, -0.1) is 11.3 Å². The molecule has 0 amide bonds. The Kier molecular flexibility index (Phi) is 5.81. The molecule has 0 fully saturated rings. The minimum Gasteiger partial charge on any atom is -0.497 e. The smallest absolute Gasteiger partial charge is 0.169 e. The van der Waals surface area contributed by atoms with Gasteiger partial charge in [0.1, 0.15) is 16.5 Å². The standard InChI is InChI=1S/C22H21NO3S/c1-14(24)12-16-4-6-17(7-5-16)20(25)13-21-23-22(15(2)27-21)18-8-10-19(26-3)11-9-18/h4-11H,12-13H2,1-3H3. The fourth-order valence-electron chi connectivity index (χ4n) is 2.88. The maximum atomic E-state index is 12.6. The number of benzene rings is 2. The number of ether oxygens (including phenoxy) is 1. The molecule has 3 rings (SSSR count). The molecular formula is C22H21NO3S. The van der Waals surface area contributed by atoms with Crippen molar-refractivity contribution in [3.8, 4) is 17.0 Å². The molecule has 0 atom stereocenters. The first-order chi connectivity index (χ1) is 13.0. The SMILES string of the molecule is COc1ccc(-c2nc(CC(=O)c3ccc(CC(C)=O)cc3)sc2C)cc1. The normalized spacial score (nSPS) is 10.6. The highest BCUT2D eigenvalue weighted by Gasteiger charge is 2.14. The minimum atomic E-state index is 0.0272. The molecule has 0 spiro atoms. The summed E-state index contributed by atoms with van der Waals surface area (Å²) in [7, 11) is 1.64. The average molecular weight is 379 g/mol. The molecule has 0 saturated carbocycles. The van der Waals surface area contributed by atoms with Gasteiger partial charge in [-0.25, -0.2) is 4.98 Å². The van der Waals surface area contributed by atoms with E-state index < -0.39 is 0 Å². The Morgan fingerprint density at radius 1 is 1.00 bits per heavy atom. The molecule has 0 N–H and O–H groups in total. The van der Waals surface area contributed by atoms with Crippen molar-refractivity contribution in [3.05, 3.63) is 69.5 Å². The third-order valence-electron chi connectivity index (χ3n) is 4.25. The van der Waals surface area contributed by atoms with E-state index in [-0.39, 0.29) is 18.0 Å². The monoisotopic (exact) mass is 379 g/mol. The van der Waals surface area contributed by atoms with Gasteiger partial charge in [0, 0.05) is 22.4 Å². The number of hydrogen-bond acceptors (Lipinski definition) is 5. The zero-order chi connectivity index (χ0) is 19.4. The summed E-state index contributed by atoms with van der Waals surface area (Å²) in [5.41, 5.74) is 3.48. The molecule has 0 aliphatic rings. The molecule has 4 nitrogen and oxygen atoms in total. The van der Waals surface area contributed by atoms with Crippen LogP contribution in [0.1, 0.15) is 32.7 Å². The van der Waals surface area contributed by atoms with E-state index >= 15 is 0 Å². The van der Waals surface area contributed by atoms with Gasteiger partial charge in [-0.1, -0.05) is 24.3 Å². The molecule has 0 aliphatic carbocycles. The van der Waals surface area contributed by atoms with E-state index in [1.165, 1.54) is 0 Å². The van der Waals surface area contributed by atoms with Crippen LogP contribution in [0.25, 0.3) is 11.3 Å². The van der Waals surface area contributed by atoms with Gasteiger partial charge >= 0.3 is 0 Å². The molecule has 0 unspecified atom stereocenters. The van der Waals surface area contributed by atoms with Gasteiger partial charge in [0.25, 0.3) is 0 Å². The van der Waals surface area contributed by atoms with E-state index in [4.69, 9.17) is 4.74 Å². The quantitative estimate of drug-likeness (QED) is 0.559. The van der Waals surface area contributed by atoms with Gasteiger partial charge < -0.3 is 4.74 Å². The number of methoxy groups -OCH3 is 1. The second-order valence-electron chi connectivity index (χ2n) is 6.42. The third-order valence-corrected chi connectivity index (χ3v) is 5.22. The molecule has 27 heavy (non-hydrogen) atoms. The number of carbonyl (C=O) groups excluding carboxylic acids is 2. The predicted molar refractivity (Wildman–Crippen MR) is 108 cm³/mol. The zero-order valence-corrected chi connectivity index (χ0v) is 16.4. The average Bonchev–Trinajstić information content (AvgIpc) is 3.02. The Morgan fingerprint density at radius 2 is 1.67 bits per heavy atom. The summed E-state index contributed by atoms with van der Waals surface area (Å²) >= 11 is 1.55. The van der Waals surface area contributed by atoms with E-state index in [0.717, 1.165) is 32.5 Å². The summed E-state index contributed by atoms with van der Waals surface area (Å²) < 4.78 is 5.19. The first kappa shape index (κ1) is 19.0. The number of thiazole rings is 1. The highest BCUT2D eigenvalue weighted by atomic mass is 32.1. The van der Waals surface area contributed by atoms with Crippen LogP contribution in [-0.4, -0.2) is 23.7 Å². The maximum absolute atomic E-state index is 12.6. The van der Waals surface area contributed by atoms with Crippen LogP contribution in [-0.2, 0) is 17.6 Å². The van der Waals surface area contributed by atoms with Crippen molar-refractivity contribution in [1.82, 2.24) is 4.98 Å². The first-order valence-corrected chi connectivity index (χ1v) is 9.50. The lowest BCUT2D eigenvalue weighted by atomic mass is 10.0. The van der Waals surface area contributed by atoms with Gasteiger partial charge in [-0.05, 0) is 43.7 Å². The number of ketones is 2. The van der Waals surface area contributed by atoms with E-state index in [0.29, 0.717) is 12.0 Å². The van der Waals surface area contributed by atoms with Gasteiger partial charge in [0.05, 0.1) is 19.2 Å². The van der Waals surface area contributed by atoms with Crippen molar-refractivity contribution in [3.63, 3.8) is 0 Å². The third kappa shape index (κ3) is 4.68. The summed E-state index contributed by atoms with van der Waals surface area (Å²) in [6, 6.07) is 15.0. The lowest BCUT2D eigenvalue weighted by Crippen LogP contribution is -2.04. The highest BCUT2D eigenvalue weighted by molar-refractivity contribution is 7.12. The summed E-state index contributed by atoms with van der Waals surface area (Å²) in [5.74, 6) is 0.938. The van der Waals surface area contributed by atoms with Gasteiger partial charge in [0.15, 0.2) is 5.78 Å². The highest BCUT2D eigenvalue weighted by Crippen LogP contribution is 2.29. The largest absolute Gasteiger partial charge is 0.497 e. The first-order valence-electron chi connectivity index (χ1n) is 8.68. The summed E-state index contributed by atoms with van der Waals surface area (Å²) in [5, 5.41) is 0.802. The molecule has 0 saturated heterocycles. The molecular weight excluding hydrogens is 358 g/mol. The minimum absolute atomic E-state index is 0.0272. The zero-order valence-electron chi connectivity index (χ0n) is 15.6. The number of Topliss-reactive ketones (excluding diaryl/α,β-unsaturated/α-hetero) is 2. The Hall–Kier alpha value is -2.79. The molecule has 1 heterocycles. The van der Waals surface area contributed by atoms with Gasteiger partial charge in [0.2, 0.25) is 0 Å². The van der Waals surface area contributed by atoms with Crippen molar-refractivity contribution in [2.24, 2.45) is 0 Å². The Labute approximate surface area is 162 Å². The van der Waals surface area contributed by atoms with Crippen LogP contribution in [0.4, 0.5) is 0 Å². The van der Waals surface area contributed by atoms with Crippen LogP contribution >= 0.6 is 11.3 Å². The number of hydrogen-bond donors (Lipinski definition) is 0. The van der Waals surface area contributed by atoms with E-state index in [2.05, 4.69) is 4.98 Å². The van der Waals surface area contributed by atoms with E-state index in [1.807, 2.05) is 43.3 Å². The molecule has 0 radical (unpaired) electrons. The fraction of sp³-hybridized carbons (Fsp3) is 0.227. The molecule has 3 aromatic rings. The topological polar surface area (TPSA) is 56.3 Å². The van der Waals surface area contributed by atoms with E-state index in [1.54, 1.807) is 37.5 Å². The van der Waals surface area contributed by atoms with Crippen LogP contribution in [0.15, 0.2) is 48.5 Å². The van der Waals surface area contributed by atoms with Crippen LogP contribution in [0.2, 0.25) is 0 Å². The molecule has 1 aromatic heterocycles. The molecule has 0 aliphatic heterocycles. The van der Waals surface area contributed by atoms with Crippen LogP contribution in [0.3, 0.4) is 0 Å². The Bertz CT molecular complexity index is 956. The van der Waals surface area contributed by atoms with E-state index in [9.17, 15) is 9.59 Å². The molecule has 5 heteroatoms.